The fraction of sp³-hybridized carbons (Fsp3) is 0.471. The number of nitrogens with zero attached hydrogens (tertiary/aromatic N) is 1. The van der Waals surface area contributed by atoms with Crippen LogP contribution in [0.15, 0.2) is 24.3 Å². The summed E-state index contributed by atoms with van der Waals surface area (Å²) in [6, 6.07) is 6.10. The summed E-state index contributed by atoms with van der Waals surface area (Å²) >= 11 is 0. The number of rotatable bonds is 4. The van der Waals surface area contributed by atoms with E-state index in [4.69, 9.17) is 5.11 Å². The van der Waals surface area contributed by atoms with Crippen LogP contribution >= 0.6 is 0 Å². The van der Waals surface area contributed by atoms with Gasteiger partial charge >= 0.3 is 6.09 Å². The van der Waals surface area contributed by atoms with Crippen molar-refractivity contribution in [1.82, 2.24) is 4.90 Å². The van der Waals surface area contributed by atoms with Crippen LogP contribution in [0.2, 0.25) is 0 Å². The first-order chi connectivity index (χ1) is 9.43. The molecule has 108 valence electrons. The molecule has 3 heteroatoms. The highest BCUT2D eigenvalue weighted by Gasteiger charge is 2.24. The molecule has 1 N–H and O–H groups in total. The molecule has 1 heterocycles. The minimum atomic E-state index is -0.844. The summed E-state index contributed by atoms with van der Waals surface area (Å²) in [7, 11) is 0. The molecule has 0 aliphatic carbocycles. The average molecular weight is 273 g/mol. The summed E-state index contributed by atoms with van der Waals surface area (Å²) in [6.07, 6.45) is 5.69. The van der Waals surface area contributed by atoms with Crippen LogP contribution in [0, 0.1) is 5.41 Å². The molecule has 1 aliphatic heterocycles. The number of allylic oxidation sites excluding steroid dienone is 1. The molecule has 3 nitrogen and oxygen atoms in total. The van der Waals surface area contributed by atoms with Gasteiger partial charge in [0.2, 0.25) is 0 Å². The Bertz CT molecular complexity index is 532. The summed E-state index contributed by atoms with van der Waals surface area (Å²) in [5.41, 5.74) is 3.75. The Balaban J connectivity index is 2.14. The molecule has 0 saturated carbocycles. The second-order valence-electron chi connectivity index (χ2n) is 6.25. The van der Waals surface area contributed by atoms with E-state index in [0.717, 1.165) is 29.5 Å². The quantitative estimate of drug-likeness (QED) is 0.876. The van der Waals surface area contributed by atoms with Gasteiger partial charge in [0.25, 0.3) is 0 Å². The first-order valence-electron chi connectivity index (χ1n) is 7.18. The second-order valence-corrected chi connectivity index (χ2v) is 6.25. The lowest BCUT2D eigenvalue weighted by Crippen LogP contribution is -2.22. The van der Waals surface area contributed by atoms with Crippen molar-refractivity contribution in [2.45, 2.75) is 46.7 Å². The smallest absolute Gasteiger partial charge is 0.407 e. The molecule has 0 aromatic heterocycles. The van der Waals surface area contributed by atoms with Gasteiger partial charge in [-0.15, -0.1) is 0 Å². The van der Waals surface area contributed by atoms with Gasteiger partial charge in [-0.25, -0.2) is 4.79 Å². The molecule has 0 saturated heterocycles. The zero-order chi connectivity index (χ0) is 14.8. The molecule has 1 amide bonds. The molecule has 0 fully saturated rings. The summed E-state index contributed by atoms with van der Waals surface area (Å²) in [4.78, 5) is 12.5. The number of hydrogen-bond acceptors (Lipinski definition) is 1. The molecule has 0 bridgehead atoms. The number of hydrogen-bond donors (Lipinski definition) is 1. The molecule has 1 aromatic rings. The third-order valence-electron chi connectivity index (χ3n) is 4.21. The molecule has 1 aliphatic rings. The van der Waals surface area contributed by atoms with E-state index in [1.807, 2.05) is 12.1 Å². The van der Waals surface area contributed by atoms with E-state index in [2.05, 4.69) is 39.0 Å². The van der Waals surface area contributed by atoms with Crippen LogP contribution in [0.25, 0.3) is 6.08 Å². The van der Waals surface area contributed by atoms with Gasteiger partial charge in [0.05, 0.1) is 6.54 Å². The van der Waals surface area contributed by atoms with E-state index in [9.17, 15) is 4.79 Å². The largest absolute Gasteiger partial charge is 0.465 e. The highest BCUT2D eigenvalue weighted by Crippen LogP contribution is 2.29. The maximum atomic E-state index is 11.1. The number of carboxylic acid groups (broad SMARTS) is 1. The fourth-order valence-electron chi connectivity index (χ4n) is 2.39. The lowest BCUT2D eigenvalue weighted by Gasteiger charge is -2.19. The maximum absolute atomic E-state index is 11.1. The van der Waals surface area contributed by atoms with Crippen LogP contribution in [0.4, 0.5) is 4.79 Å². The van der Waals surface area contributed by atoms with Gasteiger partial charge in [-0.3, -0.25) is 4.90 Å². The third-order valence-corrected chi connectivity index (χ3v) is 4.21. The van der Waals surface area contributed by atoms with Crippen molar-refractivity contribution in [1.29, 1.82) is 0 Å². The molecule has 2 rings (SSSR count). The number of fused-ring (bicyclic) bond motifs is 1. The summed E-state index contributed by atoms with van der Waals surface area (Å²) < 4.78 is 0. The van der Waals surface area contributed by atoms with Crippen molar-refractivity contribution in [3.05, 3.63) is 41.0 Å². The third kappa shape index (κ3) is 3.21. The van der Waals surface area contributed by atoms with Crippen molar-refractivity contribution in [3.8, 4) is 0 Å². The standard InChI is InChI=1S/C17H23NO2/c1-4-17(2,3)10-6-9-13-7-5-8-14-11-18(16(19)20)12-15(13)14/h5-9H,4,10-12H2,1-3H3,(H,19,20)/b9-6+. The molecular weight excluding hydrogens is 250 g/mol. The van der Waals surface area contributed by atoms with Crippen LogP contribution in [-0.4, -0.2) is 16.1 Å². The number of carbonyl (C=O) groups is 1. The molecule has 0 atom stereocenters. The van der Waals surface area contributed by atoms with Crippen molar-refractivity contribution >= 4 is 12.2 Å². The number of amides is 1. The predicted octanol–water partition coefficient (Wildman–Crippen LogP) is 4.52. The van der Waals surface area contributed by atoms with Gasteiger partial charge < -0.3 is 5.11 Å². The molecule has 0 spiro atoms. The summed E-state index contributed by atoms with van der Waals surface area (Å²) in [5.74, 6) is 0. The highest BCUT2D eigenvalue weighted by molar-refractivity contribution is 5.68. The van der Waals surface area contributed by atoms with Crippen molar-refractivity contribution in [2.24, 2.45) is 5.41 Å². The van der Waals surface area contributed by atoms with Crippen molar-refractivity contribution in [2.75, 3.05) is 0 Å². The Morgan fingerprint density at radius 1 is 1.40 bits per heavy atom. The van der Waals surface area contributed by atoms with Gasteiger partial charge in [0.15, 0.2) is 0 Å². The monoisotopic (exact) mass is 273 g/mol. The summed E-state index contributed by atoms with van der Waals surface area (Å²) in [5, 5.41) is 9.10. The van der Waals surface area contributed by atoms with Crippen molar-refractivity contribution < 1.29 is 9.90 Å². The second kappa shape index (κ2) is 5.70. The van der Waals surface area contributed by atoms with E-state index in [-0.39, 0.29) is 0 Å². The van der Waals surface area contributed by atoms with E-state index in [1.54, 1.807) is 0 Å². The van der Waals surface area contributed by atoms with E-state index in [0.29, 0.717) is 18.5 Å². The van der Waals surface area contributed by atoms with Gasteiger partial charge in [0, 0.05) is 6.54 Å². The molecule has 0 radical (unpaired) electrons. The Hall–Kier alpha value is -1.77. The van der Waals surface area contributed by atoms with Crippen LogP contribution in [0.5, 0.6) is 0 Å². The maximum Gasteiger partial charge on any atom is 0.407 e. The first-order valence-corrected chi connectivity index (χ1v) is 7.18. The lowest BCUT2D eigenvalue weighted by molar-refractivity contribution is 0.145. The van der Waals surface area contributed by atoms with Crippen molar-refractivity contribution in [3.63, 3.8) is 0 Å². The predicted molar refractivity (Wildman–Crippen MR) is 81.4 cm³/mol. The van der Waals surface area contributed by atoms with E-state index >= 15 is 0 Å². The Morgan fingerprint density at radius 2 is 2.15 bits per heavy atom. The molecule has 1 aromatic carbocycles. The lowest BCUT2D eigenvalue weighted by atomic mass is 9.86. The molecule has 20 heavy (non-hydrogen) atoms. The average Bonchev–Trinajstić information content (AvgIpc) is 2.83. The molecular formula is C17H23NO2. The first kappa shape index (κ1) is 14.6. The van der Waals surface area contributed by atoms with Crippen LogP contribution < -0.4 is 0 Å². The van der Waals surface area contributed by atoms with Crippen LogP contribution in [-0.2, 0) is 13.1 Å². The zero-order valence-corrected chi connectivity index (χ0v) is 12.5. The minimum Gasteiger partial charge on any atom is -0.465 e. The summed E-state index contributed by atoms with van der Waals surface area (Å²) in [6.45, 7) is 7.74. The fourth-order valence-corrected chi connectivity index (χ4v) is 2.39. The van der Waals surface area contributed by atoms with E-state index in [1.165, 1.54) is 4.90 Å². The highest BCUT2D eigenvalue weighted by atomic mass is 16.4. The van der Waals surface area contributed by atoms with Gasteiger partial charge in [-0.1, -0.05) is 57.5 Å². The normalized spacial score (nSPS) is 14.8. The zero-order valence-electron chi connectivity index (χ0n) is 12.5. The van der Waals surface area contributed by atoms with E-state index < -0.39 is 6.09 Å². The number of benzene rings is 1. The topological polar surface area (TPSA) is 40.5 Å². The van der Waals surface area contributed by atoms with Gasteiger partial charge in [0.1, 0.15) is 0 Å². The van der Waals surface area contributed by atoms with Crippen LogP contribution in [0.1, 0.15) is 50.3 Å². The molecule has 0 unspecified atom stereocenters. The Kier molecular flexibility index (Phi) is 4.17. The Labute approximate surface area is 120 Å². The van der Waals surface area contributed by atoms with Crippen LogP contribution in [0.3, 0.4) is 0 Å². The Morgan fingerprint density at radius 3 is 2.80 bits per heavy atom. The van der Waals surface area contributed by atoms with Gasteiger partial charge in [-0.05, 0) is 28.5 Å². The SMILES string of the molecule is CCC(C)(C)C/C=C/c1cccc2c1CN(C(=O)O)C2. The minimum absolute atomic E-state index is 0.321. The van der Waals surface area contributed by atoms with Gasteiger partial charge in [-0.2, -0.15) is 0 Å².